The van der Waals surface area contributed by atoms with E-state index in [1.165, 1.54) is 0 Å². The van der Waals surface area contributed by atoms with Gasteiger partial charge in [-0.05, 0) is 30.7 Å². The summed E-state index contributed by atoms with van der Waals surface area (Å²) in [4.78, 5) is 4.48. The van der Waals surface area contributed by atoms with Crippen molar-refractivity contribution in [3.8, 4) is 5.75 Å². The molecule has 0 unspecified atom stereocenters. The van der Waals surface area contributed by atoms with E-state index in [9.17, 15) is 0 Å². The van der Waals surface area contributed by atoms with Crippen LogP contribution in [0.15, 0.2) is 42.5 Å². The Morgan fingerprint density at radius 2 is 2.00 bits per heavy atom. The second-order valence-corrected chi connectivity index (χ2v) is 4.57. The number of hydrogen-bond acceptors (Lipinski definition) is 3. The number of ether oxygens (including phenoxy) is 1. The van der Waals surface area contributed by atoms with E-state index in [1.807, 2.05) is 42.5 Å². The van der Waals surface area contributed by atoms with Gasteiger partial charge in [0.15, 0.2) is 0 Å². The first-order chi connectivity index (χ1) is 9.29. The van der Waals surface area contributed by atoms with Gasteiger partial charge in [-0.2, -0.15) is 0 Å². The maximum absolute atomic E-state index is 6.03. The molecular weight excluding hydrogens is 260 g/mol. The Kier molecular flexibility index (Phi) is 5.04. The van der Waals surface area contributed by atoms with Crippen LogP contribution in [0.2, 0.25) is 5.02 Å². The van der Waals surface area contributed by atoms with Gasteiger partial charge in [0.1, 0.15) is 18.2 Å². The summed E-state index contributed by atoms with van der Waals surface area (Å²) >= 11 is 6.03. The molecule has 19 heavy (non-hydrogen) atoms. The predicted octanol–water partition coefficient (Wildman–Crippen LogP) is 4.14. The van der Waals surface area contributed by atoms with Crippen LogP contribution in [0.4, 0.5) is 5.82 Å². The van der Waals surface area contributed by atoms with Gasteiger partial charge < -0.3 is 10.1 Å². The number of pyridine rings is 1. The first-order valence-electron chi connectivity index (χ1n) is 6.36. The molecule has 1 N–H and O–H groups in total. The number of rotatable bonds is 6. The van der Waals surface area contributed by atoms with Gasteiger partial charge in [-0.25, -0.2) is 4.98 Å². The van der Waals surface area contributed by atoms with Crippen LogP contribution in [0, 0.1) is 0 Å². The number of para-hydroxylation sites is 1. The van der Waals surface area contributed by atoms with Crippen LogP contribution in [-0.4, -0.2) is 11.5 Å². The van der Waals surface area contributed by atoms with E-state index in [2.05, 4.69) is 17.2 Å². The highest BCUT2D eigenvalue weighted by atomic mass is 35.5. The second kappa shape index (κ2) is 7.00. The standard InChI is InChI=1S/C15H17ClN2O/c1-2-10-17-15-9-5-6-12(18-15)11-19-14-8-4-3-7-13(14)16/h3-9H,2,10-11H2,1H3,(H,17,18). The lowest BCUT2D eigenvalue weighted by Crippen LogP contribution is -2.05. The minimum Gasteiger partial charge on any atom is -0.486 e. The smallest absolute Gasteiger partial charge is 0.138 e. The van der Waals surface area contributed by atoms with Crippen molar-refractivity contribution in [1.82, 2.24) is 4.98 Å². The lowest BCUT2D eigenvalue weighted by molar-refractivity contribution is 0.301. The Bertz CT molecular complexity index is 531. The first kappa shape index (κ1) is 13.7. The molecule has 100 valence electrons. The van der Waals surface area contributed by atoms with E-state index in [1.54, 1.807) is 0 Å². The van der Waals surface area contributed by atoms with Gasteiger partial charge in [0.2, 0.25) is 0 Å². The van der Waals surface area contributed by atoms with Crippen molar-refractivity contribution in [3.05, 3.63) is 53.2 Å². The van der Waals surface area contributed by atoms with Crippen molar-refractivity contribution in [3.63, 3.8) is 0 Å². The second-order valence-electron chi connectivity index (χ2n) is 4.16. The molecule has 1 aromatic heterocycles. The molecule has 0 bridgehead atoms. The highest BCUT2D eigenvalue weighted by Gasteiger charge is 2.02. The zero-order valence-electron chi connectivity index (χ0n) is 10.9. The lowest BCUT2D eigenvalue weighted by atomic mass is 10.3. The molecule has 0 aliphatic carbocycles. The molecule has 2 rings (SSSR count). The highest BCUT2D eigenvalue weighted by Crippen LogP contribution is 2.23. The first-order valence-corrected chi connectivity index (χ1v) is 6.74. The average molecular weight is 277 g/mol. The largest absolute Gasteiger partial charge is 0.486 e. The third-order valence-corrected chi connectivity index (χ3v) is 2.89. The minimum atomic E-state index is 0.408. The summed E-state index contributed by atoms with van der Waals surface area (Å²) in [5, 5.41) is 3.87. The number of hydrogen-bond donors (Lipinski definition) is 1. The number of aromatic nitrogens is 1. The molecule has 0 amide bonds. The summed E-state index contributed by atoms with van der Waals surface area (Å²) < 4.78 is 5.66. The Balaban J connectivity index is 1.98. The topological polar surface area (TPSA) is 34.1 Å². The molecule has 3 nitrogen and oxygen atoms in total. The summed E-state index contributed by atoms with van der Waals surface area (Å²) in [5.41, 5.74) is 0.876. The van der Waals surface area contributed by atoms with E-state index in [0.29, 0.717) is 17.4 Å². The fourth-order valence-corrected chi connectivity index (χ4v) is 1.82. The molecule has 0 saturated carbocycles. The molecule has 0 radical (unpaired) electrons. The van der Waals surface area contributed by atoms with Crippen LogP contribution < -0.4 is 10.1 Å². The number of benzene rings is 1. The van der Waals surface area contributed by atoms with Gasteiger partial charge in [0, 0.05) is 6.54 Å². The number of anilines is 1. The lowest BCUT2D eigenvalue weighted by Gasteiger charge is -2.09. The van der Waals surface area contributed by atoms with E-state index in [4.69, 9.17) is 16.3 Å². The van der Waals surface area contributed by atoms with Crippen molar-refractivity contribution in [2.24, 2.45) is 0 Å². The van der Waals surface area contributed by atoms with Crippen LogP contribution in [0.25, 0.3) is 0 Å². The highest BCUT2D eigenvalue weighted by molar-refractivity contribution is 6.32. The summed E-state index contributed by atoms with van der Waals surface area (Å²) in [6, 6.07) is 13.3. The predicted molar refractivity (Wildman–Crippen MR) is 78.8 cm³/mol. The number of halogens is 1. The van der Waals surface area contributed by atoms with E-state index in [0.717, 1.165) is 24.5 Å². The molecule has 0 saturated heterocycles. The summed E-state index contributed by atoms with van der Waals surface area (Å²) in [6.45, 7) is 3.45. The zero-order valence-corrected chi connectivity index (χ0v) is 11.7. The van der Waals surface area contributed by atoms with Crippen LogP contribution in [0.5, 0.6) is 5.75 Å². The average Bonchev–Trinajstić information content (AvgIpc) is 2.45. The molecule has 0 aliphatic rings. The molecule has 1 heterocycles. The van der Waals surface area contributed by atoms with Crippen molar-refractivity contribution >= 4 is 17.4 Å². The van der Waals surface area contributed by atoms with Crippen molar-refractivity contribution in [2.75, 3.05) is 11.9 Å². The molecule has 0 atom stereocenters. The molecule has 0 aliphatic heterocycles. The van der Waals surface area contributed by atoms with Gasteiger partial charge >= 0.3 is 0 Å². The van der Waals surface area contributed by atoms with Crippen LogP contribution in [0.3, 0.4) is 0 Å². The van der Waals surface area contributed by atoms with Gasteiger partial charge in [-0.3, -0.25) is 0 Å². The summed E-state index contributed by atoms with van der Waals surface area (Å²) in [7, 11) is 0. The fourth-order valence-electron chi connectivity index (χ4n) is 1.62. The molecule has 2 aromatic rings. The SMILES string of the molecule is CCCNc1cccc(COc2ccccc2Cl)n1. The van der Waals surface area contributed by atoms with Crippen molar-refractivity contribution in [2.45, 2.75) is 20.0 Å². The van der Waals surface area contributed by atoms with Crippen LogP contribution >= 0.6 is 11.6 Å². The van der Waals surface area contributed by atoms with Crippen LogP contribution in [0.1, 0.15) is 19.0 Å². The Labute approximate surface area is 118 Å². The molecule has 1 aromatic carbocycles. The minimum absolute atomic E-state index is 0.408. The normalized spacial score (nSPS) is 10.2. The third-order valence-electron chi connectivity index (χ3n) is 2.58. The van der Waals surface area contributed by atoms with Gasteiger partial charge in [0.25, 0.3) is 0 Å². The fraction of sp³-hybridized carbons (Fsp3) is 0.267. The Hall–Kier alpha value is -1.74. The molecular formula is C15H17ClN2O. The van der Waals surface area contributed by atoms with E-state index in [-0.39, 0.29) is 0 Å². The zero-order chi connectivity index (χ0) is 13.5. The monoisotopic (exact) mass is 276 g/mol. The molecule has 0 spiro atoms. The van der Waals surface area contributed by atoms with Gasteiger partial charge in [-0.1, -0.05) is 36.7 Å². The van der Waals surface area contributed by atoms with Crippen molar-refractivity contribution in [1.29, 1.82) is 0 Å². The third kappa shape index (κ3) is 4.14. The van der Waals surface area contributed by atoms with Crippen LogP contribution in [-0.2, 0) is 6.61 Å². The Morgan fingerprint density at radius 3 is 2.79 bits per heavy atom. The summed E-state index contributed by atoms with van der Waals surface area (Å²) in [6.07, 6.45) is 1.07. The maximum atomic E-state index is 6.03. The Morgan fingerprint density at radius 1 is 1.16 bits per heavy atom. The number of nitrogens with zero attached hydrogens (tertiary/aromatic N) is 1. The molecule has 4 heteroatoms. The van der Waals surface area contributed by atoms with Crippen molar-refractivity contribution < 1.29 is 4.74 Å². The summed E-state index contributed by atoms with van der Waals surface area (Å²) in [5.74, 6) is 1.56. The maximum Gasteiger partial charge on any atom is 0.138 e. The quantitative estimate of drug-likeness (QED) is 0.861. The number of nitrogens with one attached hydrogen (secondary N) is 1. The van der Waals surface area contributed by atoms with E-state index < -0.39 is 0 Å². The molecule has 0 fully saturated rings. The van der Waals surface area contributed by atoms with Gasteiger partial charge in [0.05, 0.1) is 10.7 Å². The van der Waals surface area contributed by atoms with E-state index >= 15 is 0 Å². The van der Waals surface area contributed by atoms with Gasteiger partial charge in [-0.15, -0.1) is 0 Å².